The second kappa shape index (κ2) is 6.93. The highest BCUT2D eigenvalue weighted by atomic mass is 32.2. The van der Waals surface area contributed by atoms with Crippen LogP contribution in [0.4, 0.5) is 5.69 Å². The third kappa shape index (κ3) is 4.20. The average Bonchev–Trinajstić information content (AvgIpc) is 2.37. The van der Waals surface area contributed by atoms with Crippen LogP contribution in [-0.4, -0.2) is 45.1 Å². The number of hydrogen-bond donors (Lipinski definition) is 0. The molecule has 1 rings (SSSR count). The van der Waals surface area contributed by atoms with Crippen LogP contribution in [0.15, 0.2) is 18.2 Å². The Bertz CT molecular complexity index is 587. The van der Waals surface area contributed by atoms with E-state index in [1.165, 1.54) is 4.31 Å². The number of para-hydroxylation sites is 1. The highest BCUT2D eigenvalue weighted by molar-refractivity contribution is 7.92. The van der Waals surface area contributed by atoms with E-state index in [4.69, 9.17) is 0 Å². The first kappa shape index (κ1) is 17.5. The SMILES string of the molecule is CCN(CC)C(=O)CN(c1c(C)cccc1C)S(C)(=O)=O. The number of carbonyl (C=O) groups is 1. The number of hydrogen-bond acceptors (Lipinski definition) is 3. The Morgan fingerprint density at radius 1 is 1.10 bits per heavy atom. The number of rotatable bonds is 6. The van der Waals surface area contributed by atoms with Gasteiger partial charge < -0.3 is 4.90 Å². The average molecular weight is 312 g/mol. The van der Waals surface area contributed by atoms with Gasteiger partial charge in [0.15, 0.2) is 0 Å². The zero-order valence-electron chi connectivity index (χ0n) is 13.4. The number of likely N-dealkylation sites (N-methyl/N-ethyl adjacent to an activating group) is 1. The van der Waals surface area contributed by atoms with Gasteiger partial charge in [-0.3, -0.25) is 9.10 Å². The lowest BCUT2D eigenvalue weighted by molar-refractivity contribution is -0.129. The Hall–Kier alpha value is -1.56. The van der Waals surface area contributed by atoms with Crippen LogP contribution in [0.2, 0.25) is 0 Å². The van der Waals surface area contributed by atoms with Crippen molar-refractivity contribution in [1.82, 2.24) is 4.90 Å². The maximum atomic E-state index is 12.3. The third-order valence-electron chi connectivity index (χ3n) is 3.48. The summed E-state index contributed by atoms with van der Waals surface area (Å²) in [4.78, 5) is 13.9. The maximum Gasteiger partial charge on any atom is 0.243 e. The third-order valence-corrected chi connectivity index (χ3v) is 4.60. The molecule has 0 aliphatic heterocycles. The molecule has 0 aliphatic carbocycles. The quantitative estimate of drug-likeness (QED) is 0.806. The summed E-state index contributed by atoms with van der Waals surface area (Å²) in [5.41, 5.74) is 2.28. The van der Waals surface area contributed by atoms with E-state index >= 15 is 0 Å². The van der Waals surface area contributed by atoms with Crippen molar-refractivity contribution >= 4 is 21.6 Å². The van der Waals surface area contributed by atoms with E-state index in [0.29, 0.717) is 18.8 Å². The lowest BCUT2D eigenvalue weighted by Gasteiger charge is -2.28. The lowest BCUT2D eigenvalue weighted by atomic mass is 10.1. The van der Waals surface area contributed by atoms with Crippen molar-refractivity contribution in [3.63, 3.8) is 0 Å². The van der Waals surface area contributed by atoms with Gasteiger partial charge in [-0.25, -0.2) is 8.42 Å². The molecule has 0 saturated carbocycles. The molecule has 21 heavy (non-hydrogen) atoms. The molecule has 1 amide bonds. The molecule has 6 heteroatoms. The predicted molar refractivity (Wildman–Crippen MR) is 86.0 cm³/mol. The highest BCUT2D eigenvalue weighted by Gasteiger charge is 2.25. The molecule has 0 radical (unpaired) electrons. The van der Waals surface area contributed by atoms with Crippen molar-refractivity contribution in [3.05, 3.63) is 29.3 Å². The van der Waals surface area contributed by atoms with Gasteiger partial charge in [0.05, 0.1) is 11.9 Å². The van der Waals surface area contributed by atoms with Crippen LogP contribution in [-0.2, 0) is 14.8 Å². The zero-order valence-corrected chi connectivity index (χ0v) is 14.2. The predicted octanol–water partition coefficient (Wildman–Crippen LogP) is 1.94. The molecule has 1 aromatic rings. The van der Waals surface area contributed by atoms with Gasteiger partial charge in [-0.2, -0.15) is 0 Å². The summed E-state index contributed by atoms with van der Waals surface area (Å²) in [7, 11) is -3.52. The van der Waals surface area contributed by atoms with Gasteiger partial charge in [-0.15, -0.1) is 0 Å². The molecule has 0 N–H and O–H groups in total. The van der Waals surface area contributed by atoms with Gasteiger partial charge >= 0.3 is 0 Å². The fourth-order valence-electron chi connectivity index (χ4n) is 2.36. The lowest BCUT2D eigenvalue weighted by Crippen LogP contribution is -2.43. The second-order valence-electron chi connectivity index (χ2n) is 5.08. The first-order valence-corrected chi connectivity index (χ1v) is 8.88. The molecule has 0 aliphatic rings. The smallest absolute Gasteiger partial charge is 0.243 e. The van der Waals surface area contributed by atoms with E-state index in [-0.39, 0.29) is 12.5 Å². The standard InChI is InChI=1S/C15H24N2O3S/c1-6-16(7-2)14(18)11-17(21(5,19)20)15-12(3)9-8-10-13(15)4/h8-10H,6-7,11H2,1-5H3. The largest absolute Gasteiger partial charge is 0.342 e. The van der Waals surface area contributed by atoms with Crippen molar-refractivity contribution in [2.45, 2.75) is 27.7 Å². The number of aryl methyl sites for hydroxylation is 2. The molecule has 0 unspecified atom stereocenters. The molecule has 118 valence electrons. The van der Waals surface area contributed by atoms with Gasteiger partial charge in [0, 0.05) is 13.1 Å². The van der Waals surface area contributed by atoms with Gasteiger partial charge in [0.1, 0.15) is 6.54 Å². The van der Waals surface area contributed by atoms with E-state index in [1.807, 2.05) is 45.9 Å². The van der Waals surface area contributed by atoms with Gasteiger partial charge in [-0.1, -0.05) is 18.2 Å². The van der Waals surface area contributed by atoms with Crippen LogP contribution >= 0.6 is 0 Å². The minimum atomic E-state index is -3.52. The van der Waals surface area contributed by atoms with Crippen molar-refractivity contribution in [1.29, 1.82) is 0 Å². The van der Waals surface area contributed by atoms with Crippen LogP contribution in [0.25, 0.3) is 0 Å². The van der Waals surface area contributed by atoms with Crippen LogP contribution in [0.3, 0.4) is 0 Å². The second-order valence-corrected chi connectivity index (χ2v) is 6.98. The highest BCUT2D eigenvalue weighted by Crippen LogP contribution is 2.26. The van der Waals surface area contributed by atoms with Gasteiger partial charge in [-0.05, 0) is 38.8 Å². The molecule has 1 aromatic carbocycles. The van der Waals surface area contributed by atoms with Crippen molar-refractivity contribution in [2.75, 3.05) is 30.2 Å². The molecule has 0 aromatic heterocycles. The van der Waals surface area contributed by atoms with Gasteiger partial charge in [0.25, 0.3) is 0 Å². The molecular weight excluding hydrogens is 288 g/mol. The molecule has 0 fully saturated rings. The fourth-order valence-corrected chi connectivity index (χ4v) is 3.32. The Balaban J connectivity index is 3.24. The van der Waals surface area contributed by atoms with E-state index in [1.54, 1.807) is 4.90 Å². The summed E-state index contributed by atoms with van der Waals surface area (Å²) in [5, 5.41) is 0. The molecule has 0 heterocycles. The Morgan fingerprint density at radius 2 is 1.57 bits per heavy atom. The molecule has 0 saturated heterocycles. The van der Waals surface area contributed by atoms with Crippen LogP contribution in [0.1, 0.15) is 25.0 Å². The monoisotopic (exact) mass is 312 g/mol. The summed E-state index contributed by atoms with van der Waals surface area (Å²) in [5.74, 6) is -0.187. The summed E-state index contributed by atoms with van der Waals surface area (Å²) in [6.07, 6.45) is 1.13. The maximum absolute atomic E-state index is 12.3. The molecule has 0 spiro atoms. The Morgan fingerprint density at radius 3 is 1.95 bits per heavy atom. The number of nitrogens with zero attached hydrogens (tertiary/aromatic N) is 2. The number of carbonyl (C=O) groups excluding carboxylic acids is 1. The van der Waals surface area contributed by atoms with E-state index in [0.717, 1.165) is 17.4 Å². The van der Waals surface area contributed by atoms with Crippen molar-refractivity contribution < 1.29 is 13.2 Å². The Kier molecular flexibility index (Phi) is 5.78. The van der Waals surface area contributed by atoms with E-state index < -0.39 is 10.0 Å². The topological polar surface area (TPSA) is 57.7 Å². The Labute approximate surface area is 127 Å². The summed E-state index contributed by atoms with van der Waals surface area (Å²) in [6, 6.07) is 5.58. The number of sulfonamides is 1. The normalized spacial score (nSPS) is 11.3. The first-order chi connectivity index (χ1) is 9.72. The number of amides is 1. The molecular formula is C15H24N2O3S. The minimum Gasteiger partial charge on any atom is -0.342 e. The molecule has 0 bridgehead atoms. The molecule has 0 atom stereocenters. The van der Waals surface area contributed by atoms with E-state index in [2.05, 4.69) is 0 Å². The van der Waals surface area contributed by atoms with Crippen LogP contribution in [0.5, 0.6) is 0 Å². The summed E-state index contributed by atoms with van der Waals surface area (Å²) in [6.45, 7) is 8.44. The number of benzene rings is 1. The van der Waals surface area contributed by atoms with Crippen LogP contribution in [0, 0.1) is 13.8 Å². The summed E-state index contributed by atoms with van der Waals surface area (Å²) < 4.78 is 25.5. The molecule has 5 nitrogen and oxygen atoms in total. The van der Waals surface area contributed by atoms with Gasteiger partial charge in [0.2, 0.25) is 15.9 Å². The van der Waals surface area contributed by atoms with Crippen LogP contribution < -0.4 is 4.31 Å². The van der Waals surface area contributed by atoms with E-state index in [9.17, 15) is 13.2 Å². The van der Waals surface area contributed by atoms with Crippen molar-refractivity contribution in [2.24, 2.45) is 0 Å². The van der Waals surface area contributed by atoms with Crippen molar-refractivity contribution in [3.8, 4) is 0 Å². The summed E-state index contributed by atoms with van der Waals surface area (Å²) >= 11 is 0. The minimum absolute atomic E-state index is 0.161. The number of anilines is 1. The first-order valence-electron chi connectivity index (χ1n) is 7.04. The fraction of sp³-hybridized carbons (Fsp3) is 0.533. The zero-order chi connectivity index (χ0) is 16.2.